The van der Waals surface area contributed by atoms with Crippen molar-refractivity contribution in [1.82, 2.24) is 5.32 Å². The molecule has 1 amide bonds. The van der Waals surface area contributed by atoms with E-state index >= 15 is 0 Å². The minimum atomic E-state index is -3.69. The van der Waals surface area contributed by atoms with Gasteiger partial charge < -0.3 is 19.5 Å². The highest BCUT2D eigenvalue weighted by Gasteiger charge is 2.35. The van der Waals surface area contributed by atoms with Crippen LogP contribution in [0.5, 0.6) is 11.5 Å². The number of fused-ring (bicyclic) bond motifs is 1. The maximum absolute atomic E-state index is 13.0. The molecule has 1 fully saturated rings. The van der Waals surface area contributed by atoms with E-state index in [4.69, 9.17) is 14.2 Å². The molecule has 2 aliphatic rings. The Morgan fingerprint density at radius 1 is 1.00 bits per heavy atom. The molecule has 2 aromatic carbocycles. The summed E-state index contributed by atoms with van der Waals surface area (Å²) in [5.41, 5.74) is 1.29. The lowest BCUT2D eigenvalue weighted by Crippen LogP contribution is -2.48. The molecule has 0 unspecified atom stereocenters. The average molecular weight is 475 g/mol. The predicted molar refractivity (Wildman–Crippen MR) is 125 cm³/mol. The molecule has 0 bridgehead atoms. The molecule has 1 N–H and O–H groups in total. The molecular formula is C24H30N2O6S. The summed E-state index contributed by atoms with van der Waals surface area (Å²) in [7, 11) is -3.69. The van der Waals surface area contributed by atoms with Crippen molar-refractivity contribution in [3.63, 3.8) is 0 Å². The molecule has 2 aliphatic heterocycles. The van der Waals surface area contributed by atoms with Crippen molar-refractivity contribution < 1.29 is 27.4 Å². The number of rotatable bonds is 8. The van der Waals surface area contributed by atoms with Crippen LogP contribution in [0.25, 0.3) is 0 Å². The Bertz CT molecular complexity index is 1070. The van der Waals surface area contributed by atoms with Crippen molar-refractivity contribution >= 4 is 21.6 Å². The van der Waals surface area contributed by atoms with E-state index in [9.17, 15) is 13.2 Å². The predicted octanol–water partition coefficient (Wildman–Crippen LogP) is 2.48. The highest BCUT2D eigenvalue weighted by atomic mass is 32.2. The molecule has 0 atom stereocenters. The number of hydrogen-bond donors (Lipinski definition) is 1. The third kappa shape index (κ3) is 5.25. The summed E-state index contributed by atoms with van der Waals surface area (Å²) in [6.07, 6.45) is 1.58. The SMILES string of the molecule is CCS(=O)(=O)N(CC(=O)NCC1(c2ccccc2)CCOCC1)c1ccc2c(c1)OCCO2. The van der Waals surface area contributed by atoms with Gasteiger partial charge in [-0.05, 0) is 37.5 Å². The van der Waals surface area contributed by atoms with E-state index in [2.05, 4.69) is 17.4 Å². The fourth-order valence-electron chi connectivity index (χ4n) is 4.27. The second-order valence-corrected chi connectivity index (χ2v) is 10.5. The van der Waals surface area contributed by atoms with Crippen LogP contribution >= 0.6 is 0 Å². The van der Waals surface area contributed by atoms with Gasteiger partial charge in [-0.25, -0.2) is 8.42 Å². The zero-order valence-electron chi connectivity index (χ0n) is 18.8. The number of benzene rings is 2. The van der Waals surface area contributed by atoms with Crippen LogP contribution in [0.4, 0.5) is 5.69 Å². The van der Waals surface area contributed by atoms with Gasteiger partial charge in [0, 0.05) is 31.2 Å². The molecule has 8 nitrogen and oxygen atoms in total. The van der Waals surface area contributed by atoms with Gasteiger partial charge in [-0.3, -0.25) is 9.10 Å². The molecule has 2 heterocycles. The normalized spacial score (nSPS) is 17.2. The minimum absolute atomic E-state index is 0.125. The van der Waals surface area contributed by atoms with Crippen molar-refractivity contribution in [2.45, 2.75) is 25.2 Å². The number of nitrogens with zero attached hydrogens (tertiary/aromatic N) is 1. The van der Waals surface area contributed by atoms with Gasteiger partial charge in [-0.1, -0.05) is 30.3 Å². The molecule has 1 saturated heterocycles. The summed E-state index contributed by atoms with van der Waals surface area (Å²) in [5, 5.41) is 2.99. The summed E-state index contributed by atoms with van der Waals surface area (Å²) in [5.74, 6) is 0.553. The molecule has 33 heavy (non-hydrogen) atoms. The Kier molecular flexibility index (Phi) is 7.09. The van der Waals surface area contributed by atoms with E-state index < -0.39 is 10.0 Å². The molecule has 0 saturated carbocycles. The lowest BCUT2D eigenvalue weighted by Gasteiger charge is -2.38. The molecule has 0 aromatic heterocycles. The number of amides is 1. The van der Waals surface area contributed by atoms with Crippen LogP contribution in [0.15, 0.2) is 48.5 Å². The van der Waals surface area contributed by atoms with Crippen LogP contribution in [0.1, 0.15) is 25.3 Å². The zero-order chi connectivity index (χ0) is 23.3. The standard InChI is InChI=1S/C24H30N2O6S/c1-2-33(28,29)26(20-8-9-21-22(16-20)32-15-14-31-21)17-23(27)25-18-24(10-12-30-13-11-24)19-6-4-3-5-7-19/h3-9,16H,2,10-15,17-18H2,1H3,(H,25,27). The Morgan fingerprint density at radius 2 is 1.70 bits per heavy atom. The number of carbonyl (C=O) groups is 1. The van der Waals surface area contributed by atoms with Crippen LogP contribution in [0, 0.1) is 0 Å². The summed E-state index contributed by atoms with van der Waals surface area (Å²) in [4.78, 5) is 13.0. The summed E-state index contributed by atoms with van der Waals surface area (Å²) >= 11 is 0. The second-order valence-electron chi connectivity index (χ2n) is 8.27. The minimum Gasteiger partial charge on any atom is -0.486 e. The van der Waals surface area contributed by atoms with Crippen molar-refractivity contribution in [1.29, 1.82) is 0 Å². The van der Waals surface area contributed by atoms with Crippen molar-refractivity contribution in [3.8, 4) is 11.5 Å². The van der Waals surface area contributed by atoms with Crippen molar-refractivity contribution in [2.24, 2.45) is 0 Å². The first-order valence-corrected chi connectivity index (χ1v) is 12.8. The van der Waals surface area contributed by atoms with E-state index in [1.54, 1.807) is 25.1 Å². The first kappa shape index (κ1) is 23.4. The van der Waals surface area contributed by atoms with Crippen LogP contribution < -0.4 is 19.1 Å². The van der Waals surface area contributed by atoms with Crippen LogP contribution in [0.3, 0.4) is 0 Å². The van der Waals surface area contributed by atoms with Crippen LogP contribution in [-0.4, -0.2) is 59.6 Å². The molecule has 2 aromatic rings. The van der Waals surface area contributed by atoms with E-state index in [1.165, 1.54) is 0 Å². The molecule has 178 valence electrons. The molecule has 4 rings (SSSR count). The van der Waals surface area contributed by atoms with Gasteiger partial charge in [0.25, 0.3) is 0 Å². The Labute approximate surface area is 194 Å². The monoisotopic (exact) mass is 474 g/mol. The number of sulfonamides is 1. The molecule has 0 aliphatic carbocycles. The lowest BCUT2D eigenvalue weighted by molar-refractivity contribution is -0.120. The molecule has 0 spiro atoms. The molecule has 9 heteroatoms. The fourth-order valence-corrected chi connectivity index (χ4v) is 5.33. The second kappa shape index (κ2) is 10.0. The summed E-state index contributed by atoms with van der Waals surface area (Å²) < 4.78 is 43.5. The highest BCUT2D eigenvalue weighted by molar-refractivity contribution is 7.92. The molecular weight excluding hydrogens is 444 g/mol. The summed E-state index contributed by atoms with van der Waals surface area (Å²) in [6.45, 7) is 3.75. The van der Waals surface area contributed by atoms with Gasteiger partial charge in [-0.15, -0.1) is 0 Å². The Hall–Kier alpha value is -2.78. The number of carbonyl (C=O) groups excluding carboxylic acids is 1. The topological polar surface area (TPSA) is 94.2 Å². The Morgan fingerprint density at radius 3 is 2.39 bits per heavy atom. The lowest BCUT2D eigenvalue weighted by atomic mass is 9.74. The fraction of sp³-hybridized carbons (Fsp3) is 0.458. The number of anilines is 1. The summed E-state index contributed by atoms with van der Waals surface area (Å²) in [6, 6.07) is 15.0. The number of nitrogens with one attached hydrogen (secondary N) is 1. The number of hydrogen-bond acceptors (Lipinski definition) is 6. The van der Waals surface area contributed by atoms with Crippen LogP contribution in [0.2, 0.25) is 0 Å². The van der Waals surface area contributed by atoms with Gasteiger partial charge in [0.1, 0.15) is 19.8 Å². The van der Waals surface area contributed by atoms with Gasteiger partial charge in [0.15, 0.2) is 11.5 Å². The van der Waals surface area contributed by atoms with E-state index in [0.717, 1.165) is 22.7 Å². The average Bonchev–Trinajstić information content (AvgIpc) is 2.87. The van der Waals surface area contributed by atoms with E-state index in [1.807, 2.05) is 18.2 Å². The van der Waals surface area contributed by atoms with E-state index in [-0.39, 0.29) is 23.6 Å². The molecule has 0 radical (unpaired) electrons. The van der Waals surface area contributed by atoms with Gasteiger partial charge >= 0.3 is 0 Å². The first-order chi connectivity index (χ1) is 15.9. The quantitative estimate of drug-likeness (QED) is 0.632. The van der Waals surface area contributed by atoms with Crippen molar-refractivity contribution in [2.75, 3.05) is 49.6 Å². The maximum Gasteiger partial charge on any atom is 0.240 e. The smallest absolute Gasteiger partial charge is 0.240 e. The zero-order valence-corrected chi connectivity index (χ0v) is 19.6. The highest BCUT2D eigenvalue weighted by Crippen LogP contribution is 2.36. The van der Waals surface area contributed by atoms with Gasteiger partial charge in [-0.2, -0.15) is 0 Å². The van der Waals surface area contributed by atoms with Crippen molar-refractivity contribution in [3.05, 3.63) is 54.1 Å². The van der Waals surface area contributed by atoms with Crippen LogP contribution in [-0.2, 0) is 25.0 Å². The van der Waals surface area contributed by atoms with Gasteiger partial charge in [0.2, 0.25) is 15.9 Å². The first-order valence-electron chi connectivity index (χ1n) is 11.2. The maximum atomic E-state index is 13.0. The largest absolute Gasteiger partial charge is 0.486 e. The third-order valence-corrected chi connectivity index (χ3v) is 8.00. The third-order valence-electron chi connectivity index (χ3n) is 6.26. The number of ether oxygens (including phenoxy) is 3. The van der Waals surface area contributed by atoms with Gasteiger partial charge in [0.05, 0.1) is 11.4 Å². The Balaban J connectivity index is 1.51. The van der Waals surface area contributed by atoms with E-state index in [0.29, 0.717) is 50.2 Å².